The van der Waals surface area contributed by atoms with E-state index < -0.39 is 0 Å². The van der Waals surface area contributed by atoms with Gasteiger partial charge < -0.3 is 15.8 Å². The molecule has 5 heteroatoms. The summed E-state index contributed by atoms with van der Waals surface area (Å²) in [6.07, 6.45) is 6.04. The van der Waals surface area contributed by atoms with Gasteiger partial charge in [0.05, 0.1) is 7.11 Å². The first-order valence-electron chi connectivity index (χ1n) is 6.76. The summed E-state index contributed by atoms with van der Waals surface area (Å²) < 4.78 is 5.11. The number of aromatic nitrogens is 1. The molecule has 19 heavy (non-hydrogen) atoms. The van der Waals surface area contributed by atoms with Crippen LogP contribution in [-0.2, 0) is 0 Å². The molecule has 0 aromatic carbocycles. The van der Waals surface area contributed by atoms with Crippen molar-refractivity contribution in [3.05, 3.63) is 23.9 Å². The number of ether oxygens (including phenoxy) is 1. The van der Waals surface area contributed by atoms with Gasteiger partial charge in [0.25, 0.3) is 5.91 Å². The number of methoxy groups -OCH3 is 1. The van der Waals surface area contributed by atoms with Crippen LogP contribution in [0.25, 0.3) is 0 Å². The highest BCUT2D eigenvalue weighted by Crippen LogP contribution is 2.24. The van der Waals surface area contributed by atoms with Crippen LogP contribution in [0, 0.1) is 5.92 Å². The molecule has 1 saturated carbocycles. The van der Waals surface area contributed by atoms with Gasteiger partial charge in [-0.3, -0.25) is 4.79 Å². The van der Waals surface area contributed by atoms with E-state index in [1.807, 2.05) is 0 Å². The van der Waals surface area contributed by atoms with Crippen LogP contribution in [0.1, 0.15) is 36.0 Å². The maximum atomic E-state index is 12.3. The standard InChI is InChI=1S/C14H21N3O2/c1-19-14-11(6-4-8-16-14)13(18)17-12-7-3-2-5-10(12)9-15/h4,6,8,10,12H,2-3,5,7,9,15H2,1H3,(H,17,18). The van der Waals surface area contributed by atoms with E-state index in [1.165, 1.54) is 13.5 Å². The summed E-state index contributed by atoms with van der Waals surface area (Å²) in [7, 11) is 1.52. The van der Waals surface area contributed by atoms with Crippen molar-refractivity contribution in [1.29, 1.82) is 0 Å². The van der Waals surface area contributed by atoms with Crippen molar-refractivity contribution < 1.29 is 9.53 Å². The Kier molecular flexibility index (Phi) is 4.74. The van der Waals surface area contributed by atoms with E-state index in [9.17, 15) is 4.79 Å². The molecule has 2 unspecified atom stereocenters. The fourth-order valence-electron chi connectivity index (χ4n) is 2.65. The Hall–Kier alpha value is -1.62. The smallest absolute Gasteiger partial charge is 0.256 e. The predicted molar refractivity (Wildman–Crippen MR) is 73.1 cm³/mol. The number of nitrogens with two attached hydrogens (primary N) is 1. The third-order valence-electron chi connectivity index (χ3n) is 3.74. The van der Waals surface area contributed by atoms with Crippen LogP contribution in [0.4, 0.5) is 0 Å². The minimum atomic E-state index is -0.129. The molecule has 0 spiro atoms. The molecule has 5 nitrogen and oxygen atoms in total. The van der Waals surface area contributed by atoms with Gasteiger partial charge in [-0.25, -0.2) is 4.98 Å². The number of nitrogens with zero attached hydrogens (tertiary/aromatic N) is 1. The maximum Gasteiger partial charge on any atom is 0.256 e. The van der Waals surface area contributed by atoms with E-state index in [0.717, 1.165) is 19.3 Å². The molecule has 1 aliphatic carbocycles. The second kappa shape index (κ2) is 6.52. The summed E-state index contributed by atoms with van der Waals surface area (Å²) in [6, 6.07) is 3.62. The zero-order valence-electron chi connectivity index (χ0n) is 11.3. The third-order valence-corrected chi connectivity index (χ3v) is 3.74. The lowest BCUT2D eigenvalue weighted by Gasteiger charge is -2.31. The molecule has 1 amide bonds. The monoisotopic (exact) mass is 263 g/mol. The van der Waals surface area contributed by atoms with Gasteiger partial charge in [-0.15, -0.1) is 0 Å². The molecule has 1 aliphatic rings. The van der Waals surface area contributed by atoms with Gasteiger partial charge in [0.15, 0.2) is 0 Å². The first-order chi connectivity index (χ1) is 9.26. The topological polar surface area (TPSA) is 77.2 Å². The fraction of sp³-hybridized carbons (Fsp3) is 0.571. The second-order valence-electron chi connectivity index (χ2n) is 4.92. The normalized spacial score (nSPS) is 22.8. The Bertz CT molecular complexity index is 436. The van der Waals surface area contributed by atoms with Crippen LogP contribution < -0.4 is 15.8 Å². The van der Waals surface area contributed by atoms with Crippen molar-refractivity contribution in [3.8, 4) is 5.88 Å². The average Bonchev–Trinajstić information content (AvgIpc) is 2.47. The molecule has 2 atom stereocenters. The highest BCUT2D eigenvalue weighted by Gasteiger charge is 2.26. The molecule has 1 fully saturated rings. The quantitative estimate of drug-likeness (QED) is 0.859. The third kappa shape index (κ3) is 3.23. The largest absolute Gasteiger partial charge is 0.480 e. The Labute approximate surface area is 113 Å². The molecule has 0 radical (unpaired) electrons. The molecule has 3 N–H and O–H groups in total. The maximum absolute atomic E-state index is 12.3. The van der Waals surface area contributed by atoms with Crippen molar-refractivity contribution in [2.45, 2.75) is 31.7 Å². The highest BCUT2D eigenvalue weighted by molar-refractivity contribution is 5.96. The number of amides is 1. The van der Waals surface area contributed by atoms with Crippen molar-refractivity contribution in [2.24, 2.45) is 11.7 Å². The predicted octanol–water partition coefficient (Wildman–Crippen LogP) is 1.34. The number of pyridine rings is 1. The minimum Gasteiger partial charge on any atom is -0.480 e. The van der Waals surface area contributed by atoms with Crippen LogP contribution in [0.5, 0.6) is 5.88 Å². The van der Waals surface area contributed by atoms with Crippen LogP contribution in [0.15, 0.2) is 18.3 Å². The Morgan fingerprint density at radius 1 is 1.53 bits per heavy atom. The van der Waals surface area contributed by atoms with Crippen LogP contribution in [0.3, 0.4) is 0 Å². The van der Waals surface area contributed by atoms with E-state index >= 15 is 0 Å². The lowest BCUT2D eigenvalue weighted by atomic mass is 9.84. The van der Waals surface area contributed by atoms with Crippen molar-refractivity contribution in [2.75, 3.05) is 13.7 Å². The van der Waals surface area contributed by atoms with Gasteiger partial charge in [0, 0.05) is 12.2 Å². The summed E-state index contributed by atoms with van der Waals surface area (Å²) in [5.74, 6) is 0.607. The van der Waals surface area contributed by atoms with Crippen molar-refractivity contribution in [1.82, 2.24) is 10.3 Å². The second-order valence-corrected chi connectivity index (χ2v) is 4.92. The Morgan fingerprint density at radius 3 is 3.05 bits per heavy atom. The highest BCUT2D eigenvalue weighted by atomic mass is 16.5. The molecular weight excluding hydrogens is 242 g/mol. The molecular formula is C14H21N3O2. The summed E-state index contributed by atoms with van der Waals surface area (Å²) >= 11 is 0. The zero-order chi connectivity index (χ0) is 13.7. The Morgan fingerprint density at radius 2 is 2.32 bits per heavy atom. The number of carbonyl (C=O) groups excluding carboxylic acids is 1. The fourth-order valence-corrected chi connectivity index (χ4v) is 2.65. The van der Waals surface area contributed by atoms with Crippen molar-refractivity contribution >= 4 is 5.91 Å². The van der Waals surface area contributed by atoms with E-state index in [1.54, 1.807) is 18.3 Å². The summed E-state index contributed by atoms with van der Waals surface area (Å²) in [6.45, 7) is 0.620. The molecule has 0 aliphatic heterocycles. The van der Waals surface area contributed by atoms with Crippen LogP contribution >= 0.6 is 0 Å². The van der Waals surface area contributed by atoms with Gasteiger partial charge in [0.1, 0.15) is 5.56 Å². The zero-order valence-corrected chi connectivity index (χ0v) is 11.3. The lowest BCUT2D eigenvalue weighted by molar-refractivity contribution is 0.0904. The number of rotatable bonds is 4. The number of hydrogen-bond donors (Lipinski definition) is 2. The lowest BCUT2D eigenvalue weighted by Crippen LogP contribution is -2.44. The van der Waals surface area contributed by atoms with Crippen LogP contribution in [0.2, 0.25) is 0 Å². The molecule has 0 saturated heterocycles. The summed E-state index contributed by atoms with van der Waals surface area (Å²) in [5.41, 5.74) is 6.25. The van der Waals surface area contributed by atoms with E-state index in [0.29, 0.717) is 23.9 Å². The molecule has 1 aromatic heterocycles. The number of hydrogen-bond acceptors (Lipinski definition) is 4. The number of nitrogens with one attached hydrogen (secondary N) is 1. The first-order valence-corrected chi connectivity index (χ1v) is 6.76. The van der Waals surface area contributed by atoms with Crippen molar-refractivity contribution in [3.63, 3.8) is 0 Å². The minimum absolute atomic E-state index is 0.129. The van der Waals surface area contributed by atoms with Gasteiger partial charge >= 0.3 is 0 Å². The molecule has 2 rings (SSSR count). The molecule has 1 heterocycles. The van der Waals surface area contributed by atoms with E-state index in [-0.39, 0.29) is 11.9 Å². The number of carbonyl (C=O) groups is 1. The van der Waals surface area contributed by atoms with E-state index in [4.69, 9.17) is 10.5 Å². The summed E-state index contributed by atoms with van der Waals surface area (Å²) in [5, 5.41) is 3.07. The molecule has 1 aromatic rings. The summed E-state index contributed by atoms with van der Waals surface area (Å²) in [4.78, 5) is 16.3. The van der Waals surface area contributed by atoms with Gasteiger partial charge in [-0.1, -0.05) is 12.8 Å². The SMILES string of the molecule is COc1ncccc1C(=O)NC1CCCCC1CN. The van der Waals surface area contributed by atoms with Crippen LogP contribution in [-0.4, -0.2) is 30.6 Å². The molecule has 104 valence electrons. The van der Waals surface area contributed by atoms with Gasteiger partial charge in [-0.2, -0.15) is 0 Å². The van der Waals surface area contributed by atoms with Gasteiger partial charge in [0.2, 0.25) is 5.88 Å². The van der Waals surface area contributed by atoms with Gasteiger partial charge in [-0.05, 0) is 37.4 Å². The average molecular weight is 263 g/mol. The molecule has 0 bridgehead atoms. The Balaban J connectivity index is 2.07. The first kappa shape index (κ1) is 13.8. The van der Waals surface area contributed by atoms with E-state index in [2.05, 4.69) is 10.3 Å².